The van der Waals surface area contributed by atoms with Crippen LogP contribution in [0.2, 0.25) is 0 Å². The number of hydrogen-bond donors (Lipinski definition) is 1. The van der Waals surface area contributed by atoms with Crippen LogP contribution in [0.15, 0.2) is 12.7 Å². The summed E-state index contributed by atoms with van der Waals surface area (Å²) in [6.07, 6.45) is 5.64. The second-order valence-electron chi connectivity index (χ2n) is 5.54. The maximum Gasteiger partial charge on any atom is 0.258 e. The molecule has 1 N–H and O–H groups in total. The first-order valence-electron chi connectivity index (χ1n) is 7.23. The fraction of sp³-hybridized carbons (Fsp3) is 0.615. The van der Waals surface area contributed by atoms with E-state index in [4.69, 9.17) is 0 Å². The lowest BCUT2D eigenvalue weighted by Gasteiger charge is -2.27. The van der Waals surface area contributed by atoms with E-state index < -0.39 is 0 Å². The molecule has 1 aliphatic rings. The van der Waals surface area contributed by atoms with Crippen molar-refractivity contribution in [2.45, 2.75) is 32.7 Å². The molecule has 0 spiro atoms. The summed E-state index contributed by atoms with van der Waals surface area (Å²) in [6.45, 7) is 5.29. The van der Waals surface area contributed by atoms with Crippen LogP contribution in [0, 0.1) is 5.92 Å². The van der Waals surface area contributed by atoms with E-state index in [1.165, 1.54) is 19.2 Å². The molecular formula is C13H20N8. The molecule has 1 fully saturated rings. The van der Waals surface area contributed by atoms with Gasteiger partial charge in [-0.25, -0.2) is 4.98 Å². The second-order valence-corrected chi connectivity index (χ2v) is 5.54. The van der Waals surface area contributed by atoms with Gasteiger partial charge < -0.3 is 10.2 Å². The van der Waals surface area contributed by atoms with Crippen LogP contribution in [-0.4, -0.2) is 49.4 Å². The fourth-order valence-electron chi connectivity index (χ4n) is 2.11. The molecule has 2 heterocycles. The van der Waals surface area contributed by atoms with Gasteiger partial charge in [-0.3, -0.25) is 0 Å². The van der Waals surface area contributed by atoms with Crippen molar-refractivity contribution in [3.8, 4) is 5.95 Å². The van der Waals surface area contributed by atoms with Crippen LogP contribution in [0.5, 0.6) is 0 Å². The van der Waals surface area contributed by atoms with Crippen molar-refractivity contribution in [2.24, 2.45) is 5.92 Å². The molecule has 0 atom stereocenters. The maximum atomic E-state index is 4.55. The van der Waals surface area contributed by atoms with Gasteiger partial charge in [0.1, 0.15) is 12.7 Å². The lowest BCUT2D eigenvalue weighted by Crippen LogP contribution is -2.34. The molecule has 0 bridgehead atoms. The van der Waals surface area contributed by atoms with Gasteiger partial charge >= 0.3 is 0 Å². The highest BCUT2D eigenvalue weighted by molar-refractivity contribution is 5.40. The molecule has 0 aliphatic heterocycles. The van der Waals surface area contributed by atoms with Crippen LogP contribution >= 0.6 is 0 Å². The number of anilines is 2. The minimum absolute atomic E-state index is 0.335. The van der Waals surface area contributed by atoms with Gasteiger partial charge in [-0.05, 0) is 32.6 Å². The molecule has 0 amide bonds. The zero-order chi connectivity index (χ0) is 14.8. The first-order valence-corrected chi connectivity index (χ1v) is 7.23. The van der Waals surface area contributed by atoms with Gasteiger partial charge in [0.25, 0.3) is 5.95 Å². The Kier molecular flexibility index (Phi) is 3.68. The third-order valence-corrected chi connectivity index (χ3v) is 3.49. The highest BCUT2D eigenvalue weighted by Crippen LogP contribution is 2.31. The molecule has 3 rings (SSSR count). The topological polar surface area (TPSA) is 84.7 Å². The van der Waals surface area contributed by atoms with Crippen molar-refractivity contribution < 1.29 is 0 Å². The molecule has 0 saturated heterocycles. The minimum Gasteiger partial charge on any atom is -0.357 e. The Bertz CT molecular complexity index is 590. The summed E-state index contributed by atoms with van der Waals surface area (Å²) in [5.41, 5.74) is 0. The van der Waals surface area contributed by atoms with Gasteiger partial charge in [-0.2, -0.15) is 24.7 Å². The molecule has 112 valence electrons. The van der Waals surface area contributed by atoms with Gasteiger partial charge in [-0.1, -0.05) is 0 Å². The third-order valence-electron chi connectivity index (χ3n) is 3.49. The number of nitrogens with one attached hydrogen (secondary N) is 1. The lowest BCUT2D eigenvalue weighted by molar-refractivity contribution is 0.622. The van der Waals surface area contributed by atoms with Crippen molar-refractivity contribution in [3.05, 3.63) is 12.7 Å². The van der Waals surface area contributed by atoms with E-state index in [-0.39, 0.29) is 0 Å². The summed E-state index contributed by atoms with van der Waals surface area (Å²) >= 11 is 0. The van der Waals surface area contributed by atoms with Gasteiger partial charge in [0.05, 0.1) is 0 Å². The molecule has 1 saturated carbocycles. The highest BCUT2D eigenvalue weighted by atomic mass is 15.4. The van der Waals surface area contributed by atoms with E-state index in [1.807, 2.05) is 0 Å². The maximum absolute atomic E-state index is 4.55. The average Bonchev–Trinajstić information content (AvgIpc) is 3.14. The fourth-order valence-corrected chi connectivity index (χ4v) is 2.11. The first kappa shape index (κ1) is 13.7. The van der Waals surface area contributed by atoms with Crippen molar-refractivity contribution in [3.63, 3.8) is 0 Å². The van der Waals surface area contributed by atoms with Crippen LogP contribution < -0.4 is 10.2 Å². The van der Waals surface area contributed by atoms with E-state index in [9.17, 15) is 0 Å². The highest BCUT2D eigenvalue weighted by Gasteiger charge is 2.27. The first-order chi connectivity index (χ1) is 10.2. The van der Waals surface area contributed by atoms with E-state index in [2.05, 4.69) is 49.1 Å². The van der Waals surface area contributed by atoms with E-state index >= 15 is 0 Å². The van der Waals surface area contributed by atoms with Crippen molar-refractivity contribution in [1.29, 1.82) is 0 Å². The summed E-state index contributed by atoms with van der Waals surface area (Å²) in [4.78, 5) is 19.5. The average molecular weight is 288 g/mol. The molecular weight excluding hydrogens is 268 g/mol. The Morgan fingerprint density at radius 2 is 2.14 bits per heavy atom. The Labute approximate surface area is 123 Å². The Morgan fingerprint density at radius 1 is 1.33 bits per heavy atom. The minimum atomic E-state index is 0.335. The summed E-state index contributed by atoms with van der Waals surface area (Å²) in [5.74, 6) is 2.45. The van der Waals surface area contributed by atoms with E-state index in [0.717, 1.165) is 12.5 Å². The van der Waals surface area contributed by atoms with Gasteiger partial charge in [0, 0.05) is 19.6 Å². The number of hydrogen-bond acceptors (Lipinski definition) is 7. The van der Waals surface area contributed by atoms with Crippen molar-refractivity contribution >= 4 is 11.9 Å². The molecule has 21 heavy (non-hydrogen) atoms. The monoisotopic (exact) mass is 288 g/mol. The Hall–Kier alpha value is -2.25. The van der Waals surface area contributed by atoms with Gasteiger partial charge in [-0.15, -0.1) is 0 Å². The van der Waals surface area contributed by atoms with Crippen LogP contribution in [-0.2, 0) is 0 Å². The smallest absolute Gasteiger partial charge is 0.258 e. The normalized spacial score (nSPS) is 14.5. The largest absolute Gasteiger partial charge is 0.357 e. The van der Waals surface area contributed by atoms with Crippen LogP contribution in [0.3, 0.4) is 0 Å². The summed E-state index contributed by atoms with van der Waals surface area (Å²) in [7, 11) is 1.80. The third kappa shape index (κ3) is 3.09. The molecule has 8 nitrogen and oxygen atoms in total. The molecule has 0 unspecified atom stereocenters. The summed E-state index contributed by atoms with van der Waals surface area (Å²) in [6, 6.07) is 0.335. The SMILES string of the molecule is CNc1nc(N(CC2CC2)C(C)C)nc(-n2cncn2)n1. The van der Waals surface area contributed by atoms with E-state index in [0.29, 0.717) is 23.9 Å². The van der Waals surface area contributed by atoms with Crippen LogP contribution in [0.4, 0.5) is 11.9 Å². The predicted octanol–water partition coefficient (Wildman–Crippen LogP) is 1.12. The summed E-state index contributed by atoms with van der Waals surface area (Å²) < 4.78 is 1.54. The lowest BCUT2D eigenvalue weighted by atomic mass is 10.3. The molecule has 2 aromatic rings. The molecule has 1 aliphatic carbocycles. The molecule has 0 radical (unpaired) electrons. The van der Waals surface area contributed by atoms with Crippen molar-refractivity contribution in [2.75, 3.05) is 23.8 Å². The molecule has 2 aromatic heterocycles. The van der Waals surface area contributed by atoms with E-state index in [1.54, 1.807) is 18.1 Å². The standard InChI is InChI=1S/C13H20N8/c1-9(2)20(6-10-4-5-10)12-17-11(14-3)18-13(19-12)21-8-15-7-16-21/h7-10H,4-6H2,1-3H3,(H,14,17,18,19). The number of nitrogens with zero attached hydrogens (tertiary/aromatic N) is 7. The Morgan fingerprint density at radius 3 is 2.71 bits per heavy atom. The quantitative estimate of drug-likeness (QED) is 0.852. The molecule has 8 heteroatoms. The molecule has 0 aromatic carbocycles. The number of aromatic nitrogens is 6. The zero-order valence-electron chi connectivity index (χ0n) is 12.6. The van der Waals surface area contributed by atoms with Gasteiger partial charge in [0.15, 0.2) is 0 Å². The van der Waals surface area contributed by atoms with Crippen LogP contribution in [0.1, 0.15) is 26.7 Å². The predicted molar refractivity (Wildman–Crippen MR) is 79.5 cm³/mol. The van der Waals surface area contributed by atoms with Gasteiger partial charge in [0.2, 0.25) is 11.9 Å². The second kappa shape index (κ2) is 5.63. The van der Waals surface area contributed by atoms with Crippen molar-refractivity contribution in [1.82, 2.24) is 29.7 Å². The zero-order valence-corrected chi connectivity index (χ0v) is 12.6. The summed E-state index contributed by atoms with van der Waals surface area (Å²) in [5, 5.41) is 7.07. The Balaban J connectivity index is 1.97. The van der Waals surface area contributed by atoms with Crippen LogP contribution in [0.25, 0.3) is 5.95 Å². The number of rotatable bonds is 6.